The molecule has 0 aliphatic rings. The highest BCUT2D eigenvalue weighted by Gasteiger charge is 1.97. The Kier molecular flexibility index (Phi) is 3.66. The van der Waals surface area contributed by atoms with Crippen LogP contribution < -0.4 is 5.32 Å². The van der Waals surface area contributed by atoms with Crippen LogP contribution in [0.25, 0.3) is 0 Å². The first kappa shape index (κ1) is 8.13. The van der Waals surface area contributed by atoms with Crippen molar-refractivity contribution < 1.29 is 15.0 Å². The second kappa shape index (κ2) is 4.05. The smallest absolute Gasteiger partial charge is 0.247 e. The molecule has 0 bridgehead atoms. The van der Waals surface area contributed by atoms with Crippen LogP contribution >= 0.6 is 0 Å². The Morgan fingerprint density at radius 3 is 2.56 bits per heavy atom. The number of aliphatic hydroxyl groups is 2. The van der Waals surface area contributed by atoms with Crippen LogP contribution in [0.1, 0.15) is 6.92 Å². The summed E-state index contributed by atoms with van der Waals surface area (Å²) in [6.07, 6.45) is 0.922. The zero-order valence-corrected chi connectivity index (χ0v) is 5.03. The summed E-state index contributed by atoms with van der Waals surface area (Å²) in [6, 6.07) is 0. The van der Waals surface area contributed by atoms with Crippen molar-refractivity contribution in [1.82, 2.24) is 5.32 Å². The fourth-order valence-electron chi connectivity index (χ4n) is 0.327. The minimum absolute atomic E-state index is 0.521. The number of hydrogen-bond donors (Lipinski definition) is 3. The first-order valence-electron chi connectivity index (χ1n) is 2.46. The van der Waals surface area contributed by atoms with Crippen LogP contribution in [-0.2, 0) is 4.79 Å². The molecule has 1 amide bonds. The first-order valence-corrected chi connectivity index (χ1v) is 2.46. The van der Waals surface area contributed by atoms with Crippen LogP contribution in [0.4, 0.5) is 0 Å². The van der Waals surface area contributed by atoms with Gasteiger partial charge in [0.25, 0.3) is 0 Å². The number of aliphatic hydroxyl groups excluding tert-OH is 1. The van der Waals surface area contributed by atoms with Crippen LogP contribution in [0.5, 0.6) is 0 Å². The molecule has 0 fully saturated rings. The van der Waals surface area contributed by atoms with Gasteiger partial charge in [-0.05, 0) is 13.0 Å². The molecule has 0 aromatic carbocycles. The molecular formula is C5H9NO3. The van der Waals surface area contributed by atoms with Crippen molar-refractivity contribution in [3.63, 3.8) is 0 Å². The maximum absolute atomic E-state index is 10.3. The highest BCUT2D eigenvalue weighted by Crippen LogP contribution is 1.72. The van der Waals surface area contributed by atoms with Crippen molar-refractivity contribution in [1.29, 1.82) is 0 Å². The summed E-state index contributed by atoms with van der Waals surface area (Å²) >= 11 is 0. The van der Waals surface area contributed by atoms with Crippen LogP contribution in [0.3, 0.4) is 0 Å². The second-order valence-electron chi connectivity index (χ2n) is 1.38. The summed E-state index contributed by atoms with van der Waals surface area (Å²) in [5.74, 6) is -0.521. The number of hydrogen-bond acceptors (Lipinski definition) is 3. The monoisotopic (exact) mass is 131 g/mol. The van der Waals surface area contributed by atoms with Gasteiger partial charge in [-0.1, -0.05) is 6.08 Å². The lowest BCUT2D eigenvalue weighted by atomic mass is 10.5. The van der Waals surface area contributed by atoms with E-state index in [0.717, 1.165) is 0 Å². The lowest BCUT2D eigenvalue weighted by molar-refractivity contribution is -0.129. The zero-order valence-electron chi connectivity index (χ0n) is 5.03. The Balaban J connectivity index is 3.51. The third kappa shape index (κ3) is 4.99. The second-order valence-corrected chi connectivity index (χ2v) is 1.38. The summed E-state index contributed by atoms with van der Waals surface area (Å²) < 4.78 is 0. The van der Waals surface area contributed by atoms with Crippen LogP contribution in [0.2, 0.25) is 0 Å². The molecule has 0 rings (SSSR count). The van der Waals surface area contributed by atoms with Gasteiger partial charge in [0.05, 0.1) is 0 Å². The molecule has 0 aromatic rings. The van der Waals surface area contributed by atoms with E-state index < -0.39 is 12.3 Å². The fourth-order valence-corrected chi connectivity index (χ4v) is 0.327. The zero-order chi connectivity index (χ0) is 7.28. The van der Waals surface area contributed by atoms with Crippen molar-refractivity contribution in [2.75, 3.05) is 0 Å². The van der Waals surface area contributed by atoms with Gasteiger partial charge in [0.15, 0.2) is 0 Å². The largest absolute Gasteiger partial charge is 0.351 e. The van der Waals surface area contributed by atoms with E-state index in [-0.39, 0.29) is 0 Å². The number of rotatable bonds is 2. The van der Waals surface area contributed by atoms with E-state index in [2.05, 4.69) is 0 Å². The number of carbonyl (C=O) groups is 1. The maximum Gasteiger partial charge on any atom is 0.247 e. The molecule has 0 aliphatic heterocycles. The summed E-state index contributed by atoms with van der Waals surface area (Å²) in [6.45, 7) is 1.66. The van der Waals surface area contributed by atoms with Gasteiger partial charge in [-0.3, -0.25) is 4.79 Å². The Morgan fingerprint density at radius 2 is 2.22 bits per heavy atom. The normalized spacial score (nSPS) is 10.7. The van der Waals surface area contributed by atoms with Crippen LogP contribution in [-0.4, -0.2) is 22.5 Å². The minimum atomic E-state index is -1.77. The number of amides is 1. The molecule has 3 N–H and O–H groups in total. The SMILES string of the molecule is C/C=C/C(=O)NC(O)O. The van der Waals surface area contributed by atoms with Gasteiger partial charge in [-0.15, -0.1) is 0 Å². The minimum Gasteiger partial charge on any atom is -0.351 e. The highest BCUT2D eigenvalue weighted by molar-refractivity contribution is 5.87. The third-order valence-electron chi connectivity index (χ3n) is 0.589. The molecule has 52 valence electrons. The fraction of sp³-hybridized carbons (Fsp3) is 0.400. The van der Waals surface area contributed by atoms with Crippen LogP contribution in [0.15, 0.2) is 12.2 Å². The standard InChI is InChI=1S/C5H9NO3/c1-2-3-4(7)6-5(8)9/h2-3,5,8-9H,1H3,(H,6,7)/b3-2+. The Bertz CT molecular complexity index is 119. The number of allylic oxidation sites excluding steroid dienone is 1. The molecule has 0 atom stereocenters. The van der Waals surface area contributed by atoms with Gasteiger partial charge >= 0.3 is 0 Å². The highest BCUT2D eigenvalue weighted by atomic mass is 16.5. The maximum atomic E-state index is 10.3. The molecule has 9 heavy (non-hydrogen) atoms. The Hall–Kier alpha value is -0.870. The average Bonchev–Trinajstić information content (AvgIpc) is 1.63. The predicted molar refractivity (Wildman–Crippen MR) is 31.2 cm³/mol. The molecule has 0 aliphatic carbocycles. The molecule has 4 heteroatoms. The Labute approximate surface area is 52.8 Å². The molecule has 0 aromatic heterocycles. The molecule has 0 saturated carbocycles. The van der Waals surface area contributed by atoms with E-state index in [4.69, 9.17) is 10.2 Å². The third-order valence-corrected chi connectivity index (χ3v) is 0.589. The van der Waals surface area contributed by atoms with Gasteiger partial charge < -0.3 is 15.5 Å². The van der Waals surface area contributed by atoms with Crippen LogP contribution in [0, 0.1) is 0 Å². The van der Waals surface area contributed by atoms with Gasteiger partial charge in [-0.2, -0.15) is 0 Å². The van der Waals surface area contributed by atoms with Crippen molar-refractivity contribution in [3.8, 4) is 0 Å². The van der Waals surface area contributed by atoms with E-state index in [9.17, 15) is 4.79 Å². The molecule has 0 heterocycles. The van der Waals surface area contributed by atoms with E-state index >= 15 is 0 Å². The lowest BCUT2D eigenvalue weighted by Gasteiger charge is -2.01. The summed E-state index contributed by atoms with van der Waals surface area (Å²) in [7, 11) is 0. The van der Waals surface area contributed by atoms with Crippen molar-refractivity contribution in [2.24, 2.45) is 0 Å². The average molecular weight is 131 g/mol. The topological polar surface area (TPSA) is 69.6 Å². The summed E-state index contributed by atoms with van der Waals surface area (Å²) in [4.78, 5) is 10.3. The molecule has 0 saturated heterocycles. The molecule has 0 spiro atoms. The van der Waals surface area contributed by atoms with Gasteiger partial charge in [-0.25, -0.2) is 0 Å². The van der Waals surface area contributed by atoms with Gasteiger partial charge in [0.1, 0.15) is 0 Å². The first-order chi connectivity index (χ1) is 4.16. The molecule has 0 radical (unpaired) electrons. The van der Waals surface area contributed by atoms with Gasteiger partial charge in [0, 0.05) is 0 Å². The van der Waals surface area contributed by atoms with E-state index in [1.54, 1.807) is 6.92 Å². The number of nitrogens with one attached hydrogen (secondary N) is 1. The lowest BCUT2D eigenvalue weighted by Crippen LogP contribution is -2.32. The van der Waals surface area contributed by atoms with E-state index in [1.807, 2.05) is 5.32 Å². The summed E-state index contributed by atoms with van der Waals surface area (Å²) in [5.41, 5.74) is 0. The molecular weight excluding hydrogens is 122 g/mol. The van der Waals surface area contributed by atoms with Crippen molar-refractivity contribution >= 4 is 5.91 Å². The van der Waals surface area contributed by atoms with E-state index in [1.165, 1.54) is 12.2 Å². The molecule has 4 nitrogen and oxygen atoms in total. The quantitative estimate of drug-likeness (QED) is 0.330. The summed E-state index contributed by atoms with van der Waals surface area (Å²) in [5, 5.41) is 18.1. The number of carbonyl (C=O) groups excluding carboxylic acids is 1. The van der Waals surface area contributed by atoms with E-state index in [0.29, 0.717) is 0 Å². The van der Waals surface area contributed by atoms with Gasteiger partial charge in [0.2, 0.25) is 12.3 Å². The van der Waals surface area contributed by atoms with Crippen molar-refractivity contribution in [3.05, 3.63) is 12.2 Å². The molecule has 0 unspecified atom stereocenters. The Morgan fingerprint density at radius 1 is 1.67 bits per heavy atom. The van der Waals surface area contributed by atoms with Crippen molar-refractivity contribution in [2.45, 2.75) is 13.3 Å². The predicted octanol–water partition coefficient (Wildman–Crippen LogP) is -1.05.